The van der Waals surface area contributed by atoms with Gasteiger partial charge in [-0.1, -0.05) is 22.9 Å². The molecule has 5 nitrogen and oxygen atoms in total. The zero-order valence-corrected chi connectivity index (χ0v) is 12.5. The van der Waals surface area contributed by atoms with E-state index in [1.165, 1.54) is 5.56 Å². The summed E-state index contributed by atoms with van der Waals surface area (Å²) < 4.78 is 1.07. The molecule has 1 aromatic heterocycles. The normalized spacial score (nSPS) is 10.3. The average Bonchev–Trinajstić information content (AvgIpc) is 2.40. The van der Waals surface area contributed by atoms with Crippen LogP contribution in [0.1, 0.15) is 18.2 Å². The van der Waals surface area contributed by atoms with Crippen LogP contribution in [0, 0.1) is 6.92 Å². The van der Waals surface area contributed by atoms with Gasteiger partial charge in [0.25, 0.3) is 0 Å². The van der Waals surface area contributed by atoms with Crippen LogP contribution in [-0.2, 0) is 6.42 Å². The van der Waals surface area contributed by atoms with E-state index in [2.05, 4.69) is 49.6 Å². The van der Waals surface area contributed by atoms with E-state index in [0.717, 1.165) is 28.1 Å². The van der Waals surface area contributed by atoms with Crippen molar-refractivity contribution < 1.29 is 0 Å². The van der Waals surface area contributed by atoms with Crippen molar-refractivity contribution in [1.29, 1.82) is 0 Å². The Morgan fingerprint density at radius 3 is 2.74 bits per heavy atom. The molecule has 0 unspecified atom stereocenters. The smallest absolute Gasteiger partial charge is 0.239 e. The summed E-state index contributed by atoms with van der Waals surface area (Å²) in [6.07, 6.45) is 0.938. The molecule has 2 aromatic rings. The Labute approximate surface area is 120 Å². The van der Waals surface area contributed by atoms with Crippen LogP contribution in [0.15, 0.2) is 28.7 Å². The van der Waals surface area contributed by atoms with Gasteiger partial charge in [0.15, 0.2) is 0 Å². The molecule has 0 aliphatic heterocycles. The molecule has 1 aromatic carbocycles. The van der Waals surface area contributed by atoms with Gasteiger partial charge in [0, 0.05) is 21.9 Å². The lowest BCUT2D eigenvalue weighted by Crippen LogP contribution is -2.12. The van der Waals surface area contributed by atoms with Crippen LogP contribution in [0.4, 0.5) is 17.5 Å². The lowest BCUT2D eigenvalue weighted by molar-refractivity contribution is 1.07. The first-order valence-electron chi connectivity index (χ1n) is 6.00. The Kier molecular flexibility index (Phi) is 4.34. The molecule has 100 valence electrons. The Morgan fingerprint density at radius 1 is 1.26 bits per heavy atom. The van der Waals surface area contributed by atoms with E-state index in [0.29, 0.717) is 5.95 Å². The molecule has 0 aliphatic rings. The molecule has 4 N–H and O–H groups in total. The van der Waals surface area contributed by atoms with Crippen molar-refractivity contribution in [2.75, 3.05) is 10.7 Å². The Bertz CT molecular complexity index is 585. The molecule has 2 rings (SSSR count). The number of hydrogen-bond acceptors (Lipinski definition) is 5. The van der Waals surface area contributed by atoms with Gasteiger partial charge in [0.2, 0.25) is 5.95 Å². The van der Waals surface area contributed by atoms with Crippen LogP contribution in [0.5, 0.6) is 0 Å². The topological polar surface area (TPSA) is 75.9 Å². The van der Waals surface area contributed by atoms with Crippen molar-refractivity contribution in [3.05, 3.63) is 40.0 Å². The highest BCUT2D eigenvalue weighted by Gasteiger charge is 2.05. The second-order valence-electron chi connectivity index (χ2n) is 4.14. The third-order valence-electron chi connectivity index (χ3n) is 2.69. The number of aromatic nitrogens is 2. The number of nitrogens with two attached hydrogens (primary N) is 1. The van der Waals surface area contributed by atoms with Gasteiger partial charge in [-0.15, -0.1) is 0 Å². The molecular formula is C13H16BrN5. The van der Waals surface area contributed by atoms with Crippen molar-refractivity contribution in [3.63, 3.8) is 0 Å². The molecule has 0 bridgehead atoms. The fourth-order valence-electron chi connectivity index (χ4n) is 1.81. The summed E-state index contributed by atoms with van der Waals surface area (Å²) in [5.74, 6) is 6.47. The maximum Gasteiger partial charge on any atom is 0.239 e. The largest absolute Gasteiger partial charge is 0.340 e. The van der Waals surface area contributed by atoms with Crippen molar-refractivity contribution in [2.45, 2.75) is 20.3 Å². The van der Waals surface area contributed by atoms with Gasteiger partial charge in [0.05, 0.1) is 0 Å². The molecule has 6 heteroatoms. The number of nitrogens with one attached hydrogen (secondary N) is 2. The summed E-state index contributed by atoms with van der Waals surface area (Å²) >= 11 is 3.48. The van der Waals surface area contributed by atoms with Crippen LogP contribution in [-0.4, -0.2) is 9.97 Å². The number of aryl methyl sites for hydroxylation is 2. The van der Waals surface area contributed by atoms with Crippen molar-refractivity contribution in [2.24, 2.45) is 5.84 Å². The van der Waals surface area contributed by atoms with E-state index in [9.17, 15) is 0 Å². The molecule has 0 amide bonds. The Balaban J connectivity index is 2.33. The van der Waals surface area contributed by atoms with Gasteiger partial charge >= 0.3 is 0 Å². The SMILES string of the molecule is CCc1cc(Br)ccc1Nc1cc(C)nc(NN)n1. The maximum atomic E-state index is 5.35. The van der Waals surface area contributed by atoms with E-state index in [-0.39, 0.29) is 0 Å². The number of hydrazine groups is 1. The zero-order chi connectivity index (χ0) is 13.8. The van der Waals surface area contributed by atoms with Crippen LogP contribution >= 0.6 is 15.9 Å². The van der Waals surface area contributed by atoms with Gasteiger partial charge in [-0.25, -0.2) is 10.8 Å². The molecule has 0 fully saturated rings. The van der Waals surface area contributed by atoms with E-state index >= 15 is 0 Å². The van der Waals surface area contributed by atoms with Gasteiger partial charge in [0.1, 0.15) is 5.82 Å². The third-order valence-corrected chi connectivity index (χ3v) is 3.19. The first-order chi connectivity index (χ1) is 9.12. The molecular weight excluding hydrogens is 306 g/mol. The number of anilines is 3. The molecule has 1 heterocycles. The molecule has 0 saturated carbocycles. The number of nitrogens with zero attached hydrogens (tertiary/aromatic N) is 2. The minimum absolute atomic E-state index is 0.401. The molecule has 0 radical (unpaired) electrons. The van der Waals surface area contributed by atoms with E-state index < -0.39 is 0 Å². The third kappa shape index (κ3) is 3.42. The quantitative estimate of drug-likeness (QED) is 0.595. The standard InChI is InChI=1S/C13H16BrN5/c1-3-9-7-10(14)4-5-11(9)17-12-6-8(2)16-13(18-12)19-15/h4-7H,3,15H2,1-2H3,(H2,16,17,18,19). The number of hydrogen-bond donors (Lipinski definition) is 3. The predicted octanol–water partition coefficient (Wildman–Crippen LogP) is 3.14. The zero-order valence-electron chi connectivity index (χ0n) is 10.9. The lowest BCUT2D eigenvalue weighted by Gasteiger charge is -2.12. The summed E-state index contributed by atoms with van der Waals surface area (Å²) in [5, 5.41) is 3.30. The first-order valence-corrected chi connectivity index (χ1v) is 6.79. The monoisotopic (exact) mass is 321 g/mol. The highest BCUT2D eigenvalue weighted by atomic mass is 79.9. The second-order valence-corrected chi connectivity index (χ2v) is 5.06. The fourth-order valence-corrected chi connectivity index (χ4v) is 2.22. The van der Waals surface area contributed by atoms with Crippen LogP contribution in [0.2, 0.25) is 0 Å². The summed E-state index contributed by atoms with van der Waals surface area (Å²) in [4.78, 5) is 8.43. The first kappa shape index (κ1) is 13.8. The summed E-state index contributed by atoms with van der Waals surface area (Å²) in [7, 11) is 0. The lowest BCUT2D eigenvalue weighted by atomic mass is 10.1. The number of halogens is 1. The van der Waals surface area contributed by atoms with Crippen LogP contribution in [0.3, 0.4) is 0 Å². The van der Waals surface area contributed by atoms with Gasteiger partial charge in [-0.05, 0) is 37.1 Å². The summed E-state index contributed by atoms with van der Waals surface area (Å²) in [5.41, 5.74) is 5.56. The number of rotatable bonds is 4. The van der Waals surface area contributed by atoms with Gasteiger partial charge in [-0.3, -0.25) is 5.43 Å². The summed E-state index contributed by atoms with van der Waals surface area (Å²) in [6, 6.07) is 7.99. The summed E-state index contributed by atoms with van der Waals surface area (Å²) in [6.45, 7) is 4.01. The Morgan fingerprint density at radius 2 is 2.05 bits per heavy atom. The van der Waals surface area contributed by atoms with Crippen LogP contribution < -0.4 is 16.6 Å². The predicted molar refractivity (Wildman–Crippen MR) is 81.4 cm³/mol. The van der Waals surface area contributed by atoms with Crippen molar-refractivity contribution in [3.8, 4) is 0 Å². The maximum absolute atomic E-state index is 5.35. The minimum Gasteiger partial charge on any atom is -0.340 e. The molecule has 0 spiro atoms. The molecule has 19 heavy (non-hydrogen) atoms. The average molecular weight is 322 g/mol. The molecule has 0 aliphatic carbocycles. The number of nitrogen functional groups attached to an aromatic ring is 1. The van der Waals surface area contributed by atoms with E-state index in [1.807, 2.05) is 25.1 Å². The van der Waals surface area contributed by atoms with E-state index in [4.69, 9.17) is 5.84 Å². The van der Waals surface area contributed by atoms with E-state index in [1.54, 1.807) is 0 Å². The molecule has 0 atom stereocenters. The van der Waals surface area contributed by atoms with Crippen molar-refractivity contribution >= 4 is 33.4 Å². The fraction of sp³-hybridized carbons (Fsp3) is 0.231. The van der Waals surface area contributed by atoms with Gasteiger partial charge < -0.3 is 5.32 Å². The van der Waals surface area contributed by atoms with Crippen molar-refractivity contribution in [1.82, 2.24) is 9.97 Å². The van der Waals surface area contributed by atoms with Crippen LogP contribution in [0.25, 0.3) is 0 Å². The minimum atomic E-state index is 0.401. The highest BCUT2D eigenvalue weighted by Crippen LogP contribution is 2.24. The highest BCUT2D eigenvalue weighted by molar-refractivity contribution is 9.10. The number of benzene rings is 1. The Hall–Kier alpha value is -1.66. The molecule has 0 saturated heterocycles. The van der Waals surface area contributed by atoms with Gasteiger partial charge in [-0.2, -0.15) is 4.98 Å². The second kappa shape index (κ2) is 5.99.